The van der Waals surface area contributed by atoms with Gasteiger partial charge < -0.3 is 19.5 Å². The molecule has 1 amide bonds. The van der Waals surface area contributed by atoms with Crippen LogP contribution in [0, 0.1) is 11.3 Å². The summed E-state index contributed by atoms with van der Waals surface area (Å²) in [7, 11) is 1.29. The van der Waals surface area contributed by atoms with Gasteiger partial charge in [-0.15, -0.1) is 0 Å². The van der Waals surface area contributed by atoms with Gasteiger partial charge in [0.25, 0.3) is 5.91 Å². The maximum absolute atomic E-state index is 12.6. The lowest BCUT2D eigenvalue weighted by atomic mass is 10.1. The number of rotatable bonds is 9. The molecule has 2 rings (SSSR count). The Morgan fingerprint density at radius 2 is 1.81 bits per heavy atom. The number of carbonyl (C=O) groups is 2. The van der Waals surface area contributed by atoms with Crippen LogP contribution in [-0.2, 0) is 9.53 Å². The summed E-state index contributed by atoms with van der Waals surface area (Å²) in [6.07, 6.45) is 2.32. The van der Waals surface area contributed by atoms with Crippen molar-refractivity contribution in [1.29, 1.82) is 5.26 Å². The van der Waals surface area contributed by atoms with Crippen molar-refractivity contribution in [3.8, 4) is 17.6 Å². The molecule has 0 heterocycles. The van der Waals surface area contributed by atoms with Gasteiger partial charge in [0.05, 0.1) is 25.9 Å². The largest absolute Gasteiger partial charge is 0.490 e. The van der Waals surface area contributed by atoms with Crippen LogP contribution in [0.15, 0.2) is 46.4 Å². The first-order chi connectivity index (χ1) is 14.9. The Bertz CT molecular complexity index is 1010. The Kier molecular flexibility index (Phi) is 9.10. The molecule has 0 aliphatic heterocycles. The molecule has 0 aliphatic carbocycles. The van der Waals surface area contributed by atoms with Crippen LogP contribution in [0.4, 0.5) is 5.69 Å². The first kappa shape index (κ1) is 24.0. The van der Waals surface area contributed by atoms with Gasteiger partial charge in [-0.25, -0.2) is 4.79 Å². The summed E-state index contributed by atoms with van der Waals surface area (Å²) in [6.45, 7) is 4.86. The van der Waals surface area contributed by atoms with E-state index in [1.165, 1.54) is 25.3 Å². The number of benzene rings is 2. The lowest BCUT2D eigenvalue weighted by molar-refractivity contribution is -0.112. The minimum absolute atomic E-state index is 0.0950. The number of nitriles is 1. The summed E-state index contributed by atoms with van der Waals surface area (Å²) in [4.78, 5) is 24.1. The molecule has 7 nitrogen and oxygen atoms in total. The van der Waals surface area contributed by atoms with Crippen LogP contribution in [0.3, 0.4) is 0 Å². The predicted molar refractivity (Wildman–Crippen MR) is 121 cm³/mol. The molecular weight excluding hydrogens is 464 g/mol. The lowest BCUT2D eigenvalue weighted by Gasteiger charge is -2.13. The van der Waals surface area contributed by atoms with Crippen LogP contribution in [0.2, 0.25) is 0 Å². The second-order valence-corrected chi connectivity index (χ2v) is 7.15. The maximum atomic E-state index is 12.6. The molecule has 0 radical (unpaired) electrons. The Morgan fingerprint density at radius 3 is 2.39 bits per heavy atom. The molecule has 0 aliphatic rings. The second-order valence-electron chi connectivity index (χ2n) is 6.29. The van der Waals surface area contributed by atoms with Crippen molar-refractivity contribution in [3.63, 3.8) is 0 Å². The van der Waals surface area contributed by atoms with E-state index in [0.29, 0.717) is 46.0 Å². The average Bonchev–Trinajstić information content (AvgIpc) is 2.78. The molecule has 0 saturated heterocycles. The van der Waals surface area contributed by atoms with Gasteiger partial charge in [-0.2, -0.15) is 5.26 Å². The summed E-state index contributed by atoms with van der Waals surface area (Å²) < 4.78 is 16.7. The maximum Gasteiger partial charge on any atom is 0.337 e. The summed E-state index contributed by atoms with van der Waals surface area (Å²) in [5.74, 6) is 0.0594. The standard InChI is InChI=1S/C23H23BrN2O5/c1-4-10-31-21-13-19(24)16(12-20(21)30-5-2)11-17(14-25)22(27)26-18-8-6-15(7-9-18)23(28)29-3/h6-9,11-13H,4-5,10H2,1-3H3,(H,26,27)/b17-11-. The molecule has 1 N–H and O–H groups in total. The van der Waals surface area contributed by atoms with E-state index in [-0.39, 0.29) is 5.57 Å². The number of hydrogen-bond acceptors (Lipinski definition) is 6. The zero-order valence-corrected chi connectivity index (χ0v) is 19.1. The number of halogens is 1. The highest BCUT2D eigenvalue weighted by atomic mass is 79.9. The number of ether oxygens (including phenoxy) is 3. The topological polar surface area (TPSA) is 97.7 Å². The number of nitrogens with zero attached hydrogens (tertiary/aromatic N) is 1. The fraction of sp³-hybridized carbons (Fsp3) is 0.261. The van der Waals surface area contributed by atoms with Crippen molar-refractivity contribution in [1.82, 2.24) is 0 Å². The Labute approximate surface area is 189 Å². The molecule has 8 heteroatoms. The molecule has 31 heavy (non-hydrogen) atoms. The zero-order valence-electron chi connectivity index (χ0n) is 17.5. The molecule has 0 bridgehead atoms. The van der Waals surface area contributed by atoms with Crippen LogP contribution >= 0.6 is 15.9 Å². The molecule has 0 aromatic heterocycles. The highest BCUT2D eigenvalue weighted by Gasteiger charge is 2.14. The highest BCUT2D eigenvalue weighted by Crippen LogP contribution is 2.35. The van der Waals surface area contributed by atoms with Crippen LogP contribution < -0.4 is 14.8 Å². The Morgan fingerprint density at radius 1 is 1.13 bits per heavy atom. The van der Waals surface area contributed by atoms with E-state index in [1.807, 2.05) is 19.9 Å². The minimum Gasteiger partial charge on any atom is -0.490 e. The molecular formula is C23H23BrN2O5. The first-order valence-corrected chi connectivity index (χ1v) is 10.4. The van der Waals surface area contributed by atoms with Crippen molar-refractivity contribution in [2.45, 2.75) is 20.3 Å². The number of carbonyl (C=O) groups excluding carboxylic acids is 2. The fourth-order valence-corrected chi connectivity index (χ4v) is 3.00. The van der Waals surface area contributed by atoms with E-state index in [2.05, 4.69) is 26.0 Å². The smallest absolute Gasteiger partial charge is 0.337 e. The monoisotopic (exact) mass is 486 g/mol. The second kappa shape index (κ2) is 11.8. The van der Waals surface area contributed by atoms with E-state index in [1.54, 1.807) is 24.3 Å². The lowest BCUT2D eigenvalue weighted by Crippen LogP contribution is -2.13. The van der Waals surface area contributed by atoms with Crippen molar-refractivity contribution < 1.29 is 23.8 Å². The van der Waals surface area contributed by atoms with Crippen LogP contribution in [-0.4, -0.2) is 32.2 Å². The number of anilines is 1. The minimum atomic E-state index is -0.579. The predicted octanol–water partition coefficient (Wildman–Crippen LogP) is 4.97. The molecule has 0 spiro atoms. The molecule has 2 aromatic carbocycles. The summed E-state index contributed by atoms with van der Waals surface area (Å²) in [5.41, 5.74) is 1.30. The highest BCUT2D eigenvalue weighted by molar-refractivity contribution is 9.10. The molecule has 162 valence electrons. The summed E-state index contributed by atoms with van der Waals surface area (Å²) in [5, 5.41) is 12.2. The van der Waals surface area contributed by atoms with Gasteiger partial charge in [0, 0.05) is 10.2 Å². The fourth-order valence-electron chi connectivity index (χ4n) is 2.56. The number of hydrogen-bond donors (Lipinski definition) is 1. The van der Waals surface area contributed by atoms with Gasteiger partial charge >= 0.3 is 5.97 Å². The summed E-state index contributed by atoms with van der Waals surface area (Å²) in [6, 6.07) is 11.6. The van der Waals surface area contributed by atoms with Crippen LogP contribution in [0.5, 0.6) is 11.5 Å². The van der Waals surface area contributed by atoms with Gasteiger partial charge in [0.1, 0.15) is 11.6 Å². The third-order valence-electron chi connectivity index (χ3n) is 4.05. The van der Waals surface area contributed by atoms with E-state index < -0.39 is 11.9 Å². The number of nitrogens with one attached hydrogen (secondary N) is 1. The van der Waals surface area contributed by atoms with E-state index in [0.717, 1.165) is 6.42 Å². The van der Waals surface area contributed by atoms with Crippen LogP contribution in [0.1, 0.15) is 36.2 Å². The number of methoxy groups -OCH3 is 1. The quantitative estimate of drug-likeness (QED) is 0.305. The van der Waals surface area contributed by atoms with Gasteiger partial charge in [-0.05, 0) is 61.4 Å². The van der Waals surface area contributed by atoms with Crippen molar-refractivity contribution in [2.75, 3.05) is 25.6 Å². The van der Waals surface area contributed by atoms with Crippen LogP contribution in [0.25, 0.3) is 6.08 Å². The first-order valence-electron chi connectivity index (χ1n) is 9.64. The third kappa shape index (κ3) is 6.59. The molecule has 0 atom stereocenters. The van der Waals surface area contributed by atoms with Crippen molar-refractivity contribution in [2.24, 2.45) is 0 Å². The van der Waals surface area contributed by atoms with E-state index in [4.69, 9.17) is 9.47 Å². The third-order valence-corrected chi connectivity index (χ3v) is 4.74. The molecule has 0 saturated carbocycles. The van der Waals surface area contributed by atoms with Gasteiger partial charge in [0.2, 0.25) is 0 Å². The number of esters is 1. The SMILES string of the molecule is CCCOc1cc(Br)c(/C=C(/C#N)C(=O)Nc2ccc(C(=O)OC)cc2)cc1OCC. The molecule has 0 fully saturated rings. The van der Waals surface area contributed by atoms with E-state index >= 15 is 0 Å². The van der Waals surface area contributed by atoms with E-state index in [9.17, 15) is 14.9 Å². The zero-order chi connectivity index (χ0) is 22.8. The number of amides is 1. The van der Waals surface area contributed by atoms with Crippen molar-refractivity contribution in [3.05, 3.63) is 57.6 Å². The van der Waals surface area contributed by atoms with Crippen molar-refractivity contribution >= 4 is 39.6 Å². The van der Waals surface area contributed by atoms with Gasteiger partial charge in [-0.3, -0.25) is 4.79 Å². The molecule has 2 aromatic rings. The molecule has 0 unspecified atom stereocenters. The van der Waals surface area contributed by atoms with Gasteiger partial charge in [-0.1, -0.05) is 22.9 Å². The Hall–Kier alpha value is -3.31. The summed E-state index contributed by atoms with van der Waals surface area (Å²) >= 11 is 3.46. The van der Waals surface area contributed by atoms with Gasteiger partial charge in [0.15, 0.2) is 11.5 Å². The normalized spacial score (nSPS) is 10.7. The Balaban J connectivity index is 2.27. The average molecular weight is 487 g/mol.